The summed E-state index contributed by atoms with van der Waals surface area (Å²) in [4.78, 5) is 46.5. The van der Waals surface area contributed by atoms with Crippen molar-refractivity contribution in [3.05, 3.63) is 53.7 Å². The summed E-state index contributed by atoms with van der Waals surface area (Å²) in [5.41, 5.74) is 4.99. The third kappa shape index (κ3) is 5.53. The van der Waals surface area contributed by atoms with Crippen LogP contribution >= 0.6 is 0 Å². The zero-order chi connectivity index (χ0) is 30.1. The van der Waals surface area contributed by atoms with Gasteiger partial charge < -0.3 is 24.5 Å². The van der Waals surface area contributed by atoms with E-state index in [0.717, 1.165) is 69.5 Å². The lowest BCUT2D eigenvalue weighted by Crippen LogP contribution is -2.55. The minimum atomic E-state index is -0.275. The Morgan fingerprint density at radius 3 is 2.67 bits per heavy atom. The molecule has 3 atom stereocenters. The Bertz CT molecular complexity index is 1430. The molecule has 0 bridgehead atoms. The van der Waals surface area contributed by atoms with Gasteiger partial charge in [0.25, 0.3) is 0 Å². The Balaban J connectivity index is 1.37. The van der Waals surface area contributed by atoms with Gasteiger partial charge >= 0.3 is 0 Å². The highest BCUT2D eigenvalue weighted by Gasteiger charge is 2.38. The maximum absolute atomic E-state index is 13.2. The summed E-state index contributed by atoms with van der Waals surface area (Å²) in [5, 5.41) is 9.57. The van der Waals surface area contributed by atoms with Crippen molar-refractivity contribution < 1.29 is 9.59 Å². The lowest BCUT2D eigenvalue weighted by molar-refractivity contribution is -0.130. The van der Waals surface area contributed by atoms with Gasteiger partial charge in [0, 0.05) is 70.5 Å². The van der Waals surface area contributed by atoms with E-state index in [1.54, 1.807) is 23.9 Å². The number of likely N-dealkylation sites (N-methyl/N-ethyl adjacent to an activating group) is 1. The Hall–Kier alpha value is -4.13. The Labute approximate surface area is 254 Å². The Morgan fingerprint density at radius 1 is 1.07 bits per heavy atom. The molecule has 0 unspecified atom stereocenters. The summed E-state index contributed by atoms with van der Waals surface area (Å²) in [6.45, 7) is 7.10. The molecule has 2 amide bonds. The summed E-state index contributed by atoms with van der Waals surface area (Å²) in [5.74, 6) is 1.45. The number of aromatic nitrogens is 2. The Kier molecular flexibility index (Phi) is 8.24. The van der Waals surface area contributed by atoms with Gasteiger partial charge in [-0.25, -0.2) is 4.98 Å². The fraction of sp³-hybridized carbons (Fsp3) is 0.545. The molecule has 6 rings (SSSR count). The maximum atomic E-state index is 13.2. The number of aryl methyl sites for hydroxylation is 1. The second kappa shape index (κ2) is 12.2. The van der Waals surface area contributed by atoms with Crippen LogP contribution in [0.2, 0.25) is 0 Å². The van der Waals surface area contributed by atoms with Gasteiger partial charge in [-0.05, 0) is 56.2 Å². The number of hydrogen-bond acceptors (Lipinski definition) is 8. The van der Waals surface area contributed by atoms with Crippen LogP contribution in [0.4, 0.5) is 17.5 Å². The first-order chi connectivity index (χ1) is 20.9. The number of carbonyl (C=O) groups excluding carboxylic acids is 2. The summed E-state index contributed by atoms with van der Waals surface area (Å²) >= 11 is 0. The van der Waals surface area contributed by atoms with Crippen molar-refractivity contribution in [3.63, 3.8) is 0 Å². The van der Waals surface area contributed by atoms with Crippen molar-refractivity contribution >= 4 is 29.3 Å². The molecule has 2 saturated heterocycles. The van der Waals surface area contributed by atoms with E-state index >= 15 is 0 Å². The fourth-order valence-electron chi connectivity index (χ4n) is 7.46. The number of benzene rings is 1. The summed E-state index contributed by atoms with van der Waals surface area (Å²) in [6, 6.07) is 10.9. The summed E-state index contributed by atoms with van der Waals surface area (Å²) in [6.07, 6.45) is 8.25. The van der Waals surface area contributed by atoms with Gasteiger partial charge in [0.15, 0.2) is 0 Å². The van der Waals surface area contributed by atoms with Crippen molar-refractivity contribution in [1.29, 1.82) is 5.26 Å². The van der Waals surface area contributed by atoms with Crippen molar-refractivity contribution in [2.24, 2.45) is 0 Å². The van der Waals surface area contributed by atoms with Crippen molar-refractivity contribution in [2.45, 2.75) is 69.5 Å². The van der Waals surface area contributed by atoms with Crippen LogP contribution in [0.5, 0.6) is 0 Å². The van der Waals surface area contributed by atoms with E-state index < -0.39 is 0 Å². The number of piperazine rings is 1. The molecule has 1 aromatic carbocycles. The standard InChI is InChI=1S/C33H42N8O2/c1-4-30(42)40-20-19-38(22-25(40)15-16-34)31-26-14-13-24(39-17-7-10-23-9-5-6-11-28(23)39)21-27(26)35-33(36-31)41-18-8-12-29(41)32(43)37(2)3/h4-6,9,11,24-25,29H,1,7-8,10,12-15,17-22H2,2-3H3/t24-,25-,29-/m0/s1. The highest BCUT2D eigenvalue weighted by molar-refractivity contribution is 5.87. The van der Waals surface area contributed by atoms with Gasteiger partial charge in [0.05, 0.1) is 24.2 Å². The highest BCUT2D eigenvalue weighted by atomic mass is 16.2. The lowest BCUT2D eigenvalue weighted by atomic mass is 9.88. The predicted octanol–water partition coefficient (Wildman–Crippen LogP) is 2.96. The van der Waals surface area contributed by atoms with Crippen molar-refractivity contribution in [1.82, 2.24) is 19.8 Å². The van der Waals surface area contributed by atoms with Crippen molar-refractivity contribution in [2.75, 3.05) is 61.5 Å². The largest absolute Gasteiger partial charge is 0.368 e. The first-order valence-electron chi connectivity index (χ1n) is 15.7. The molecule has 10 nitrogen and oxygen atoms in total. The molecule has 0 radical (unpaired) electrons. The average Bonchev–Trinajstić information content (AvgIpc) is 3.53. The van der Waals surface area contributed by atoms with E-state index in [1.807, 2.05) is 0 Å². The molecule has 43 heavy (non-hydrogen) atoms. The van der Waals surface area contributed by atoms with Gasteiger partial charge in [-0.15, -0.1) is 0 Å². The van der Waals surface area contributed by atoms with Crippen LogP contribution in [-0.4, -0.2) is 96.5 Å². The SMILES string of the molecule is C=CC(=O)N1CCN(c2nc(N3CCC[C@H]3C(=O)N(C)C)nc3c2CC[C@H](N2CCCc4ccccc42)C3)C[C@@H]1CC#N. The Morgan fingerprint density at radius 2 is 1.88 bits per heavy atom. The van der Waals surface area contributed by atoms with Crippen LogP contribution in [-0.2, 0) is 28.9 Å². The van der Waals surface area contributed by atoms with Crippen LogP contribution in [0.1, 0.15) is 48.9 Å². The van der Waals surface area contributed by atoms with E-state index in [1.165, 1.54) is 22.9 Å². The lowest BCUT2D eigenvalue weighted by Gasteiger charge is -2.43. The number of nitrogens with zero attached hydrogens (tertiary/aromatic N) is 8. The molecule has 0 spiro atoms. The van der Waals surface area contributed by atoms with Gasteiger partial charge in [0.1, 0.15) is 11.9 Å². The number of amides is 2. The van der Waals surface area contributed by atoms with Crippen LogP contribution in [0.15, 0.2) is 36.9 Å². The highest BCUT2D eigenvalue weighted by Crippen LogP contribution is 2.37. The molecule has 2 aromatic rings. The van der Waals surface area contributed by atoms with E-state index in [2.05, 4.69) is 51.6 Å². The van der Waals surface area contributed by atoms with Crippen LogP contribution in [0.25, 0.3) is 0 Å². The second-order valence-electron chi connectivity index (χ2n) is 12.4. The number of nitriles is 1. The van der Waals surface area contributed by atoms with E-state index in [9.17, 15) is 14.9 Å². The molecular weight excluding hydrogens is 540 g/mol. The minimum Gasteiger partial charge on any atom is -0.368 e. The summed E-state index contributed by atoms with van der Waals surface area (Å²) in [7, 11) is 3.61. The predicted molar refractivity (Wildman–Crippen MR) is 167 cm³/mol. The smallest absolute Gasteiger partial charge is 0.246 e. The molecule has 0 N–H and O–H groups in total. The first-order valence-corrected chi connectivity index (χ1v) is 15.7. The van der Waals surface area contributed by atoms with Gasteiger partial charge in [0.2, 0.25) is 17.8 Å². The molecule has 10 heteroatoms. The quantitative estimate of drug-likeness (QED) is 0.480. The zero-order valence-corrected chi connectivity index (χ0v) is 25.4. The number of hydrogen-bond donors (Lipinski definition) is 0. The topological polar surface area (TPSA) is 99.9 Å². The number of para-hydroxylation sites is 1. The molecule has 1 aliphatic carbocycles. The fourth-order valence-corrected chi connectivity index (χ4v) is 7.46. The molecular formula is C33H42N8O2. The van der Waals surface area contributed by atoms with E-state index in [-0.39, 0.29) is 30.3 Å². The number of rotatable bonds is 6. The molecule has 4 heterocycles. The second-order valence-corrected chi connectivity index (χ2v) is 12.4. The van der Waals surface area contributed by atoms with Gasteiger partial charge in [-0.3, -0.25) is 9.59 Å². The van der Waals surface area contributed by atoms with Crippen LogP contribution in [0.3, 0.4) is 0 Å². The number of carbonyl (C=O) groups is 2. The molecule has 2 fully saturated rings. The third-order valence-corrected chi connectivity index (χ3v) is 9.61. The monoisotopic (exact) mass is 582 g/mol. The zero-order valence-electron chi connectivity index (χ0n) is 25.4. The van der Waals surface area contributed by atoms with Gasteiger partial charge in [-0.1, -0.05) is 24.8 Å². The minimum absolute atomic E-state index is 0.0776. The third-order valence-electron chi connectivity index (χ3n) is 9.61. The normalized spacial score (nSPS) is 23.3. The first kappa shape index (κ1) is 29.0. The maximum Gasteiger partial charge on any atom is 0.246 e. The average molecular weight is 583 g/mol. The molecule has 3 aliphatic heterocycles. The van der Waals surface area contributed by atoms with Crippen LogP contribution < -0.4 is 14.7 Å². The number of fused-ring (bicyclic) bond motifs is 2. The summed E-state index contributed by atoms with van der Waals surface area (Å²) < 4.78 is 0. The van der Waals surface area contributed by atoms with Crippen molar-refractivity contribution in [3.8, 4) is 6.07 Å². The number of anilines is 3. The molecule has 226 valence electrons. The van der Waals surface area contributed by atoms with E-state index in [4.69, 9.17) is 9.97 Å². The van der Waals surface area contributed by atoms with Crippen LogP contribution in [0, 0.1) is 11.3 Å². The van der Waals surface area contributed by atoms with Gasteiger partial charge in [-0.2, -0.15) is 10.2 Å². The van der Waals surface area contributed by atoms with E-state index in [0.29, 0.717) is 31.6 Å². The molecule has 1 aromatic heterocycles. The molecule has 0 saturated carbocycles. The molecule has 4 aliphatic rings.